The Labute approximate surface area is 123 Å². The van der Waals surface area contributed by atoms with Crippen LogP contribution in [0.1, 0.15) is 44.9 Å². The molecule has 1 fully saturated rings. The van der Waals surface area contributed by atoms with Crippen LogP contribution in [0.4, 0.5) is 0 Å². The van der Waals surface area contributed by atoms with Gasteiger partial charge in [0.05, 0.1) is 12.7 Å². The van der Waals surface area contributed by atoms with E-state index >= 15 is 0 Å². The summed E-state index contributed by atoms with van der Waals surface area (Å²) in [4.78, 5) is 0. The number of hydrogen-bond acceptors (Lipinski definition) is 2. The normalized spacial score (nSPS) is 24.7. The van der Waals surface area contributed by atoms with E-state index in [0.717, 1.165) is 28.8 Å². The molecule has 19 heavy (non-hydrogen) atoms. The molecule has 1 aromatic rings. The average molecular weight is 325 g/mol. The quantitative estimate of drug-likeness (QED) is 0.887. The number of halogens is 1. The lowest BCUT2D eigenvalue weighted by Gasteiger charge is -2.17. The van der Waals surface area contributed by atoms with Crippen molar-refractivity contribution in [2.24, 2.45) is 16.7 Å². The monoisotopic (exact) mass is 324 g/mol. The maximum atomic E-state index is 10.8. The van der Waals surface area contributed by atoms with Crippen LogP contribution in [0.2, 0.25) is 0 Å². The van der Waals surface area contributed by atoms with E-state index in [2.05, 4.69) is 49.7 Å². The predicted molar refractivity (Wildman–Crippen MR) is 79.4 cm³/mol. The molecule has 1 N–H and O–H groups in total. The van der Waals surface area contributed by atoms with Gasteiger partial charge < -0.3 is 9.84 Å². The van der Waals surface area contributed by atoms with Crippen LogP contribution >= 0.6 is 15.9 Å². The van der Waals surface area contributed by atoms with E-state index in [9.17, 15) is 5.11 Å². The summed E-state index contributed by atoms with van der Waals surface area (Å²) in [6.45, 7) is 9.67. The molecular formula is C16H21BrO2. The SMILES string of the molecule is CC1(C)C(C(O)c2cc(Br)cc3c2OCC3)C1(C)C. The van der Waals surface area contributed by atoms with Crippen molar-refractivity contribution in [2.75, 3.05) is 6.61 Å². The lowest BCUT2D eigenvalue weighted by molar-refractivity contribution is 0.127. The Morgan fingerprint density at radius 3 is 2.47 bits per heavy atom. The molecule has 1 heterocycles. The molecule has 1 aliphatic carbocycles. The van der Waals surface area contributed by atoms with Gasteiger partial charge >= 0.3 is 0 Å². The second kappa shape index (κ2) is 3.98. The van der Waals surface area contributed by atoms with Crippen molar-refractivity contribution >= 4 is 15.9 Å². The van der Waals surface area contributed by atoms with Gasteiger partial charge in [-0.15, -0.1) is 0 Å². The molecule has 0 bridgehead atoms. The molecule has 1 aliphatic heterocycles. The van der Waals surface area contributed by atoms with Crippen molar-refractivity contribution in [3.63, 3.8) is 0 Å². The Bertz CT molecular complexity index is 520. The highest BCUT2D eigenvalue weighted by molar-refractivity contribution is 9.10. The summed E-state index contributed by atoms with van der Waals surface area (Å²) in [5.41, 5.74) is 2.49. The zero-order valence-corrected chi connectivity index (χ0v) is 13.5. The first-order valence-electron chi connectivity index (χ1n) is 6.90. The fourth-order valence-corrected chi connectivity index (χ4v) is 4.26. The molecule has 2 nitrogen and oxygen atoms in total. The Kier molecular flexibility index (Phi) is 2.82. The molecule has 0 spiro atoms. The summed E-state index contributed by atoms with van der Waals surface area (Å²) >= 11 is 3.54. The van der Waals surface area contributed by atoms with E-state index in [4.69, 9.17) is 4.74 Å². The lowest BCUT2D eigenvalue weighted by atomic mass is 9.96. The van der Waals surface area contributed by atoms with Crippen LogP contribution in [0.15, 0.2) is 16.6 Å². The summed E-state index contributed by atoms with van der Waals surface area (Å²) < 4.78 is 6.77. The van der Waals surface area contributed by atoms with E-state index in [1.54, 1.807) is 0 Å². The largest absolute Gasteiger partial charge is 0.493 e. The molecule has 0 amide bonds. The first kappa shape index (κ1) is 13.4. The highest BCUT2D eigenvalue weighted by Gasteiger charge is 2.67. The molecule has 0 aromatic heterocycles. The van der Waals surface area contributed by atoms with Crippen molar-refractivity contribution in [3.05, 3.63) is 27.7 Å². The van der Waals surface area contributed by atoms with Crippen LogP contribution in [-0.2, 0) is 6.42 Å². The van der Waals surface area contributed by atoms with Crippen LogP contribution in [-0.4, -0.2) is 11.7 Å². The molecule has 1 unspecified atom stereocenters. The van der Waals surface area contributed by atoms with E-state index in [0.29, 0.717) is 0 Å². The second-order valence-corrected chi connectivity index (χ2v) is 7.86. The zero-order valence-electron chi connectivity index (χ0n) is 12.0. The molecule has 0 radical (unpaired) electrons. The zero-order chi connectivity index (χ0) is 14.0. The van der Waals surface area contributed by atoms with Gasteiger partial charge in [-0.2, -0.15) is 0 Å². The Balaban J connectivity index is 2.00. The summed E-state index contributed by atoms with van der Waals surface area (Å²) in [6, 6.07) is 4.11. The van der Waals surface area contributed by atoms with Gasteiger partial charge in [0, 0.05) is 22.4 Å². The van der Waals surface area contributed by atoms with Gasteiger partial charge in [0.15, 0.2) is 0 Å². The molecule has 3 heteroatoms. The Morgan fingerprint density at radius 2 is 1.89 bits per heavy atom. The molecule has 1 aromatic carbocycles. The Morgan fingerprint density at radius 1 is 1.26 bits per heavy atom. The van der Waals surface area contributed by atoms with Crippen LogP contribution in [0.3, 0.4) is 0 Å². The minimum absolute atomic E-state index is 0.167. The highest BCUT2D eigenvalue weighted by atomic mass is 79.9. The third-order valence-corrected chi connectivity index (χ3v) is 6.00. The average Bonchev–Trinajstić information content (AvgIpc) is 2.68. The van der Waals surface area contributed by atoms with Crippen LogP contribution in [0, 0.1) is 16.7 Å². The lowest BCUT2D eigenvalue weighted by Crippen LogP contribution is -2.07. The maximum Gasteiger partial charge on any atom is 0.128 e. The molecule has 1 saturated carbocycles. The van der Waals surface area contributed by atoms with Gasteiger partial charge in [0.2, 0.25) is 0 Å². The van der Waals surface area contributed by atoms with E-state index < -0.39 is 6.10 Å². The topological polar surface area (TPSA) is 29.5 Å². The number of hydrogen-bond donors (Lipinski definition) is 1. The second-order valence-electron chi connectivity index (χ2n) is 6.95. The maximum absolute atomic E-state index is 10.8. The van der Waals surface area contributed by atoms with Gasteiger partial charge in [0.1, 0.15) is 5.75 Å². The van der Waals surface area contributed by atoms with Gasteiger partial charge in [-0.1, -0.05) is 43.6 Å². The van der Waals surface area contributed by atoms with Crippen molar-refractivity contribution in [1.29, 1.82) is 0 Å². The van der Waals surface area contributed by atoms with Crippen LogP contribution < -0.4 is 4.74 Å². The minimum atomic E-state index is -0.450. The summed E-state index contributed by atoms with van der Waals surface area (Å²) in [5.74, 6) is 1.19. The Hall–Kier alpha value is -0.540. The predicted octanol–water partition coefficient (Wildman–Crippen LogP) is 4.10. The number of ether oxygens (including phenoxy) is 1. The molecule has 2 aliphatic rings. The minimum Gasteiger partial charge on any atom is -0.493 e. The first-order valence-corrected chi connectivity index (χ1v) is 7.69. The highest BCUT2D eigenvalue weighted by Crippen LogP contribution is 2.72. The molecular weight excluding hydrogens is 304 g/mol. The summed E-state index contributed by atoms with van der Waals surface area (Å²) in [6.07, 6.45) is 0.487. The molecule has 0 saturated heterocycles. The van der Waals surface area contributed by atoms with Crippen molar-refractivity contribution in [2.45, 2.75) is 40.2 Å². The third kappa shape index (κ3) is 1.78. The van der Waals surface area contributed by atoms with Gasteiger partial charge in [-0.25, -0.2) is 0 Å². The fourth-order valence-electron chi connectivity index (χ4n) is 3.73. The number of fused-ring (bicyclic) bond motifs is 1. The fraction of sp³-hybridized carbons (Fsp3) is 0.625. The van der Waals surface area contributed by atoms with Gasteiger partial charge in [0.25, 0.3) is 0 Å². The van der Waals surface area contributed by atoms with Crippen LogP contribution in [0.25, 0.3) is 0 Å². The van der Waals surface area contributed by atoms with E-state index in [1.165, 1.54) is 5.56 Å². The summed E-state index contributed by atoms with van der Waals surface area (Å²) in [5, 5.41) is 10.8. The number of aliphatic hydroxyl groups excluding tert-OH is 1. The number of benzene rings is 1. The first-order chi connectivity index (χ1) is 8.76. The van der Waals surface area contributed by atoms with Crippen molar-refractivity contribution in [3.8, 4) is 5.75 Å². The number of rotatable bonds is 2. The smallest absolute Gasteiger partial charge is 0.128 e. The standard InChI is InChI=1S/C16H21BrO2/c1-15(2)14(16(15,3)4)12(18)11-8-10(17)7-9-5-6-19-13(9)11/h7-8,12,14,18H,5-6H2,1-4H3. The molecule has 3 rings (SSSR count). The van der Waals surface area contributed by atoms with E-state index in [-0.39, 0.29) is 16.7 Å². The van der Waals surface area contributed by atoms with E-state index in [1.807, 2.05) is 6.07 Å². The molecule has 1 atom stereocenters. The van der Waals surface area contributed by atoms with Crippen molar-refractivity contribution < 1.29 is 9.84 Å². The van der Waals surface area contributed by atoms with Gasteiger partial charge in [-0.05, 0) is 28.5 Å². The number of aliphatic hydroxyl groups is 1. The van der Waals surface area contributed by atoms with Crippen molar-refractivity contribution in [1.82, 2.24) is 0 Å². The van der Waals surface area contributed by atoms with Gasteiger partial charge in [-0.3, -0.25) is 0 Å². The third-order valence-electron chi connectivity index (χ3n) is 5.54. The van der Waals surface area contributed by atoms with Crippen LogP contribution in [0.5, 0.6) is 5.75 Å². The molecule has 104 valence electrons. The summed E-state index contributed by atoms with van der Waals surface area (Å²) in [7, 11) is 0.